The first-order valence-corrected chi connectivity index (χ1v) is 9.06. The summed E-state index contributed by atoms with van der Waals surface area (Å²) in [4.78, 5) is 24.8. The fourth-order valence-corrected chi connectivity index (χ4v) is 3.61. The van der Waals surface area contributed by atoms with Crippen molar-refractivity contribution in [2.45, 2.75) is 4.90 Å². The van der Waals surface area contributed by atoms with Crippen LogP contribution < -0.4 is 10.9 Å². The van der Waals surface area contributed by atoms with E-state index in [1.807, 2.05) is 30.3 Å². The molecule has 0 spiro atoms. The van der Waals surface area contributed by atoms with Gasteiger partial charge in [0.1, 0.15) is 5.82 Å². The maximum atomic E-state index is 12.9. The number of carbonyl (C=O) groups is 2. The zero-order chi connectivity index (χ0) is 18.5. The van der Waals surface area contributed by atoms with Crippen LogP contribution in [0.3, 0.4) is 0 Å². The number of benzene rings is 3. The smallest absolute Gasteiger partial charge is 0.269 e. The largest absolute Gasteiger partial charge is 0.272 e. The number of hydrogen-bond acceptors (Lipinski definition) is 3. The Balaban J connectivity index is 1.58. The predicted octanol–water partition coefficient (Wildman–Crippen LogP) is 4.19. The standard InChI is InChI=1S/C19H14ClFN2O2S/c20-15-5-1-3-12-4-2-6-16(18(12)15)26-11-17(24)22-23-19(25)13-7-9-14(21)10-8-13/h1-10H,11H2,(H,22,24)(H,23,25). The Bertz CT molecular complexity index is 958. The van der Waals surface area contributed by atoms with Crippen molar-refractivity contribution in [3.63, 3.8) is 0 Å². The zero-order valence-electron chi connectivity index (χ0n) is 13.5. The molecule has 3 aromatic carbocycles. The fourth-order valence-electron chi connectivity index (χ4n) is 2.36. The van der Waals surface area contributed by atoms with Gasteiger partial charge in [0.25, 0.3) is 5.91 Å². The van der Waals surface area contributed by atoms with Crippen LogP contribution in [0.2, 0.25) is 5.02 Å². The number of carbonyl (C=O) groups excluding carboxylic acids is 2. The third kappa shape index (κ3) is 4.33. The molecule has 0 bridgehead atoms. The number of thioether (sulfide) groups is 1. The molecule has 0 aliphatic heterocycles. The predicted molar refractivity (Wildman–Crippen MR) is 102 cm³/mol. The first-order chi connectivity index (χ1) is 12.5. The van der Waals surface area contributed by atoms with Crippen molar-refractivity contribution in [2.75, 3.05) is 5.75 Å². The summed E-state index contributed by atoms with van der Waals surface area (Å²) in [5, 5.41) is 2.51. The Morgan fingerprint density at radius 1 is 0.962 bits per heavy atom. The van der Waals surface area contributed by atoms with Crippen molar-refractivity contribution in [3.8, 4) is 0 Å². The molecule has 2 amide bonds. The van der Waals surface area contributed by atoms with Gasteiger partial charge in [-0.3, -0.25) is 20.4 Å². The highest BCUT2D eigenvalue weighted by Gasteiger charge is 2.10. The number of amides is 2. The Morgan fingerprint density at radius 3 is 2.38 bits per heavy atom. The van der Waals surface area contributed by atoms with Crippen LogP contribution in [0.25, 0.3) is 10.8 Å². The second-order valence-corrected chi connectivity index (χ2v) is 6.82. The minimum Gasteiger partial charge on any atom is -0.272 e. The first-order valence-electron chi connectivity index (χ1n) is 7.69. The maximum absolute atomic E-state index is 12.9. The quantitative estimate of drug-likeness (QED) is 0.520. The van der Waals surface area contributed by atoms with Crippen molar-refractivity contribution in [3.05, 3.63) is 77.1 Å². The van der Waals surface area contributed by atoms with Crippen LogP contribution in [0.1, 0.15) is 10.4 Å². The number of fused-ring (bicyclic) bond motifs is 1. The normalized spacial score (nSPS) is 10.5. The van der Waals surface area contributed by atoms with Crippen LogP contribution in [-0.4, -0.2) is 17.6 Å². The molecule has 0 aliphatic carbocycles. The molecule has 0 unspecified atom stereocenters. The zero-order valence-corrected chi connectivity index (χ0v) is 15.0. The lowest BCUT2D eigenvalue weighted by Gasteiger charge is -2.09. The third-order valence-corrected chi connectivity index (χ3v) is 4.97. The molecule has 7 heteroatoms. The van der Waals surface area contributed by atoms with E-state index in [-0.39, 0.29) is 17.2 Å². The summed E-state index contributed by atoms with van der Waals surface area (Å²) in [5.41, 5.74) is 4.90. The fraction of sp³-hybridized carbons (Fsp3) is 0.0526. The lowest BCUT2D eigenvalue weighted by atomic mass is 10.1. The SMILES string of the molecule is O=C(CSc1cccc2cccc(Cl)c12)NNC(=O)c1ccc(F)cc1. The van der Waals surface area contributed by atoms with Gasteiger partial charge in [-0.1, -0.05) is 35.9 Å². The van der Waals surface area contributed by atoms with E-state index in [4.69, 9.17) is 11.6 Å². The summed E-state index contributed by atoms with van der Waals surface area (Å²) in [6.45, 7) is 0. The molecule has 0 saturated carbocycles. The van der Waals surface area contributed by atoms with E-state index in [1.54, 1.807) is 6.07 Å². The van der Waals surface area contributed by atoms with E-state index < -0.39 is 11.7 Å². The topological polar surface area (TPSA) is 58.2 Å². The molecule has 3 aromatic rings. The number of hydrogen-bond donors (Lipinski definition) is 2. The highest BCUT2D eigenvalue weighted by atomic mass is 35.5. The van der Waals surface area contributed by atoms with E-state index in [1.165, 1.54) is 36.0 Å². The van der Waals surface area contributed by atoms with Gasteiger partial charge in [-0.15, -0.1) is 11.8 Å². The number of rotatable bonds is 4. The van der Waals surface area contributed by atoms with Crippen molar-refractivity contribution in [1.82, 2.24) is 10.9 Å². The van der Waals surface area contributed by atoms with Crippen LogP contribution in [0.15, 0.2) is 65.6 Å². The maximum Gasteiger partial charge on any atom is 0.269 e. The van der Waals surface area contributed by atoms with Gasteiger partial charge in [-0.05, 0) is 41.8 Å². The Hall–Kier alpha value is -2.57. The molecule has 26 heavy (non-hydrogen) atoms. The van der Waals surface area contributed by atoms with E-state index in [0.717, 1.165) is 15.7 Å². The van der Waals surface area contributed by atoms with Gasteiger partial charge in [0.05, 0.1) is 5.75 Å². The lowest BCUT2D eigenvalue weighted by molar-refractivity contribution is -0.119. The monoisotopic (exact) mass is 388 g/mol. The third-order valence-electron chi connectivity index (χ3n) is 3.60. The second kappa shape index (κ2) is 8.21. The highest BCUT2D eigenvalue weighted by Crippen LogP contribution is 2.32. The average molecular weight is 389 g/mol. The first kappa shape index (κ1) is 18.2. The Kier molecular flexibility index (Phi) is 5.75. The molecule has 0 fully saturated rings. The number of halogens is 2. The minimum atomic E-state index is -0.517. The minimum absolute atomic E-state index is 0.105. The second-order valence-electron chi connectivity index (χ2n) is 5.39. The molecule has 0 heterocycles. The van der Waals surface area contributed by atoms with Gasteiger partial charge in [0.2, 0.25) is 5.91 Å². The van der Waals surface area contributed by atoms with Crippen LogP contribution in [-0.2, 0) is 4.79 Å². The van der Waals surface area contributed by atoms with Crippen LogP contribution >= 0.6 is 23.4 Å². The number of nitrogens with one attached hydrogen (secondary N) is 2. The summed E-state index contributed by atoms with van der Waals surface area (Å²) in [6, 6.07) is 16.4. The van der Waals surface area contributed by atoms with Crippen molar-refractivity contribution < 1.29 is 14.0 Å². The summed E-state index contributed by atoms with van der Waals surface area (Å²) in [7, 11) is 0. The molecule has 132 valence electrons. The molecular formula is C19H14ClFN2O2S. The molecule has 0 saturated heterocycles. The van der Waals surface area contributed by atoms with Crippen molar-refractivity contribution in [2.24, 2.45) is 0 Å². The molecule has 0 aliphatic rings. The molecule has 0 radical (unpaired) electrons. The average Bonchev–Trinajstić information content (AvgIpc) is 2.65. The van der Waals surface area contributed by atoms with E-state index in [0.29, 0.717) is 5.02 Å². The number of hydrazine groups is 1. The summed E-state index contributed by atoms with van der Waals surface area (Å²) in [6.07, 6.45) is 0. The van der Waals surface area contributed by atoms with E-state index >= 15 is 0 Å². The van der Waals surface area contributed by atoms with Crippen molar-refractivity contribution >= 4 is 45.9 Å². The molecule has 3 rings (SSSR count). The summed E-state index contributed by atoms with van der Waals surface area (Å²) < 4.78 is 12.9. The van der Waals surface area contributed by atoms with Gasteiger partial charge in [0.15, 0.2) is 0 Å². The Morgan fingerprint density at radius 2 is 1.65 bits per heavy atom. The van der Waals surface area contributed by atoms with Crippen LogP contribution in [0, 0.1) is 5.82 Å². The van der Waals surface area contributed by atoms with Gasteiger partial charge in [0, 0.05) is 20.9 Å². The lowest BCUT2D eigenvalue weighted by Crippen LogP contribution is -2.42. The van der Waals surface area contributed by atoms with E-state index in [9.17, 15) is 14.0 Å². The molecular weight excluding hydrogens is 375 g/mol. The summed E-state index contributed by atoms with van der Waals surface area (Å²) in [5.74, 6) is -1.21. The van der Waals surface area contributed by atoms with E-state index in [2.05, 4.69) is 10.9 Å². The van der Waals surface area contributed by atoms with Gasteiger partial charge in [-0.2, -0.15) is 0 Å². The molecule has 4 nitrogen and oxygen atoms in total. The van der Waals surface area contributed by atoms with Crippen LogP contribution in [0.5, 0.6) is 0 Å². The van der Waals surface area contributed by atoms with Gasteiger partial charge in [-0.25, -0.2) is 4.39 Å². The molecule has 0 atom stereocenters. The highest BCUT2D eigenvalue weighted by molar-refractivity contribution is 8.00. The molecule has 2 N–H and O–H groups in total. The Labute approximate surface area is 158 Å². The summed E-state index contributed by atoms with van der Waals surface area (Å²) >= 11 is 7.59. The van der Waals surface area contributed by atoms with Crippen molar-refractivity contribution in [1.29, 1.82) is 0 Å². The van der Waals surface area contributed by atoms with Gasteiger partial charge >= 0.3 is 0 Å². The molecule has 0 aromatic heterocycles. The van der Waals surface area contributed by atoms with Crippen LogP contribution in [0.4, 0.5) is 4.39 Å². The van der Waals surface area contributed by atoms with Gasteiger partial charge < -0.3 is 0 Å².